The largest absolute Gasteiger partial charge is 0.444 e. The van der Waals surface area contributed by atoms with Crippen LogP contribution in [0.5, 0.6) is 0 Å². The van der Waals surface area contributed by atoms with E-state index < -0.39 is 11.7 Å². The molecule has 1 amide bonds. The van der Waals surface area contributed by atoms with Crippen molar-refractivity contribution in [3.05, 3.63) is 106 Å². The van der Waals surface area contributed by atoms with E-state index in [2.05, 4.69) is 56.3 Å². The molecule has 3 N–H and O–H groups in total. The van der Waals surface area contributed by atoms with Crippen LogP contribution in [0, 0.1) is 0 Å². The first kappa shape index (κ1) is 29.3. The van der Waals surface area contributed by atoms with E-state index >= 15 is 0 Å². The lowest BCUT2D eigenvalue weighted by molar-refractivity contribution is 0.0600. The lowest BCUT2D eigenvalue weighted by Gasteiger charge is -2.22. The molecule has 2 aromatic carbocycles. The van der Waals surface area contributed by atoms with Crippen LogP contribution in [0.2, 0.25) is 0 Å². The number of fused-ring (bicyclic) bond motifs is 1. The van der Waals surface area contributed by atoms with Crippen molar-refractivity contribution in [2.45, 2.75) is 52.3 Å². The molecular formula is C32H38N6O3. The average molecular weight is 555 g/mol. The minimum Gasteiger partial charge on any atom is -0.444 e. The second-order valence-electron chi connectivity index (χ2n) is 10.9. The molecule has 41 heavy (non-hydrogen) atoms. The lowest BCUT2D eigenvalue weighted by atomic mass is 10.1. The van der Waals surface area contributed by atoms with E-state index in [1.165, 1.54) is 16.7 Å². The summed E-state index contributed by atoms with van der Waals surface area (Å²) in [6.07, 6.45) is 4.68. The number of carbonyl (C=O) groups excluding carboxylic acids is 1. The Hall–Kier alpha value is -4.66. The van der Waals surface area contributed by atoms with Gasteiger partial charge in [-0.3, -0.25) is 14.3 Å². The van der Waals surface area contributed by atoms with E-state index in [1.54, 1.807) is 44.8 Å². The Morgan fingerprint density at radius 3 is 2.15 bits per heavy atom. The minimum absolute atomic E-state index is 0.0461. The Morgan fingerprint density at radius 1 is 0.976 bits per heavy atom. The van der Waals surface area contributed by atoms with Gasteiger partial charge in [0.05, 0.1) is 0 Å². The molecule has 5 rings (SSSR count). The normalized spacial score (nSPS) is 12.2. The number of ether oxygens (including phenoxy) is 1. The van der Waals surface area contributed by atoms with E-state index in [0.29, 0.717) is 30.4 Å². The molecule has 1 aliphatic rings. The fraction of sp³-hybridized carbons (Fsp3) is 0.312. The van der Waals surface area contributed by atoms with Crippen LogP contribution < -0.4 is 21.5 Å². The summed E-state index contributed by atoms with van der Waals surface area (Å²) in [5.74, 6) is 0.584. The summed E-state index contributed by atoms with van der Waals surface area (Å²) in [5.41, 5.74) is 10.3. The Kier molecular flexibility index (Phi) is 9.39. The SMILES string of the molecule is CC(C)(C)OC(N)=O.Cn1c(NCCCc2ccccc2)nc(-c2ccncc2)c(N2Cc3ccccc3C2)c1=O. The van der Waals surface area contributed by atoms with Crippen molar-refractivity contribution >= 4 is 17.7 Å². The predicted molar refractivity (Wildman–Crippen MR) is 163 cm³/mol. The Labute approximate surface area is 241 Å². The summed E-state index contributed by atoms with van der Waals surface area (Å²) in [4.78, 5) is 34.8. The van der Waals surface area contributed by atoms with Gasteiger partial charge in [-0.2, -0.15) is 0 Å². The smallest absolute Gasteiger partial charge is 0.405 e. The van der Waals surface area contributed by atoms with Gasteiger partial charge in [-0.25, -0.2) is 9.78 Å². The second-order valence-corrected chi connectivity index (χ2v) is 10.9. The maximum absolute atomic E-state index is 13.6. The zero-order valence-electron chi connectivity index (χ0n) is 24.1. The molecule has 9 heteroatoms. The van der Waals surface area contributed by atoms with Crippen LogP contribution in [0.25, 0.3) is 11.3 Å². The molecular weight excluding hydrogens is 516 g/mol. The molecule has 2 aromatic heterocycles. The number of aryl methyl sites for hydroxylation is 1. The van der Waals surface area contributed by atoms with Gasteiger partial charge in [-0.1, -0.05) is 54.6 Å². The first-order valence-corrected chi connectivity index (χ1v) is 13.7. The number of nitrogens with one attached hydrogen (secondary N) is 1. The van der Waals surface area contributed by atoms with Crippen molar-refractivity contribution in [1.82, 2.24) is 14.5 Å². The number of amides is 1. The summed E-state index contributed by atoms with van der Waals surface area (Å²) in [5, 5.41) is 3.39. The zero-order chi connectivity index (χ0) is 29.4. The van der Waals surface area contributed by atoms with Crippen molar-refractivity contribution in [3.8, 4) is 11.3 Å². The maximum atomic E-state index is 13.6. The molecule has 0 aliphatic carbocycles. The number of nitrogens with two attached hydrogens (primary N) is 1. The molecule has 0 atom stereocenters. The van der Waals surface area contributed by atoms with Gasteiger partial charge in [0.2, 0.25) is 5.95 Å². The quantitative estimate of drug-likeness (QED) is 0.298. The van der Waals surface area contributed by atoms with Crippen molar-refractivity contribution in [3.63, 3.8) is 0 Å². The molecule has 0 saturated carbocycles. The molecule has 214 valence electrons. The van der Waals surface area contributed by atoms with E-state index in [1.807, 2.05) is 30.3 Å². The third kappa shape index (κ3) is 7.94. The molecule has 3 heterocycles. The number of anilines is 2. The number of pyridine rings is 1. The summed E-state index contributed by atoms with van der Waals surface area (Å²) in [6.45, 7) is 7.43. The average Bonchev–Trinajstić information content (AvgIpc) is 3.37. The first-order chi connectivity index (χ1) is 19.6. The topological polar surface area (TPSA) is 115 Å². The molecule has 0 bridgehead atoms. The van der Waals surface area contributed by atoms with Crippen LogP contribution in [0.3, 0.4) is 0 Å². The monoisotopic (exact) mass is 554 g/mol. The molecule has 1 aliphatic heterocycles. The van der Waals surface area contributed by atoms with E-state index in [9.17, 15) is 9.59 Å². The van der Waals surface area contributed by atoms with Gasteiger partial charge in [-0.05, 0) is 62.4 Å². The number of benzene rings is 2. The first-order valence-electron chi connectivity index (χ1n) is 13.7. The third-order valence-corrected chi connectivity index (χ3v) is 6.55. The third-order valence-electron chi connectivity index (χ3n) is 6.55. The van der Waals surface area contributed by atoms with Gasteiger partial charge in [0.25, 0.3) is 5.56 Å². The van der Waals surface area contributed by atoms with Crippen LogP contribution in [0.1, 0.15) is 43.9 Å². The summed E-state index contributed by atoms with van der Waals surface area (Å²) >= 11 is 0. The number of rotatable bonds is 7. The molecule has 0 radical (unpaired) electrons. The molecule has 0 fully saturated rings. The van der Waals surface area contributed by atoms with Crippen LogP contribution in [-0.2, 0) is 31.3 Å². The number of aromatic nitrogens is 3. The standard InChI is InChI=1S/C27H27N5O.C5H11NO2/c1-31-26(33)25(32-18-22-11-5-6-12-23(22)19-32)24(21-13-16-28-17-14-21)30-27(31)29-15-7-10-20-8-3-2-4-9-20;1-5(2,3)8-4(6)7/h2-6,8-9,11-14,16-17H,7,10,15,18-19H2,1H3,(H,29,30);1-3H3,(H2,6,7). The summed E-state index contributed by atoms with van der Waals surface area (Å²) in [7, 11) is 1.79. The highest BCUT2D eigenvalue weighted by molar-refractivity contribution is 5.76. The molecule has 0 unspecified atom stereocenters. The highest BCUT2D eigenvalue weighted by Gasteiger charge is 2.26. The van der Waals surface area contributed by atoms with Crippen LogP contribution in [0.4, 0.5) is 16.4 Å². The Balaban J connectivity index is 0.000000426. The molecule has 0 spiro atoms. The molecule has 9 nitrogen and oxygen atoms in total. The number of nitrogens with zero attached hydrogens (tertiary/aromatic N) is 4. The van der Waals surface area contributed by atoms with Crippen molar-refractivity contribution < 1.29 is 9.53 Å². The second kappa shape index (κ2) is 13.1. The Morgan fingerprint density at radius 2 is 1.59 bits per heavy atom. The van der Waals surface area contributed by atoms with Crippen molar-refractivity contribution in [2.24, 2.45) is 12.8 Å². The highest BCUT2D eigenvalue weighted by Crippen LogP contribution is 2.33. The summed E-state index contributed by atoms with van der Waals surface area (Å²) < 4.78 is 6.21. The molecule has 4 aromatic rings. The zero-order valence-corrected chi connectivity index (χ0v) is 24.1. The highest BCUT2D eigenvalue weighted by atomic mass is 16.6. The lowest BCUT2D eigenvalue weighted by Crippen LogP contribution is -2.31. The van der Waals surface area contributed by atoms with Gasteiger partial charge >= 0.3 is 6.09 Å². The number of hydrogen-bond donors (Lipinski definition) is 2. The summed E-state index contributed by atoms with van der Waals surface area (Å²) in [6, 6.07) is 22.6. The van der Waals surface area contributed by atoms with Gasteiger partial charge in [0, 0.05) is 44.6 Å². The number of hydrogen-bond acceptors (Lipinski definition) is 7. The Bertz CT molecular complexity index is 1490. The fourth-order valence-corrected chi connectivity index (χ4v) is 4.67. The van der Waals surface area contributed by atoms with Crippen LogP contribution >= 0.6 is 0 Å². The predicted octanol–water partition coefficient (Wildman–Crippen LogP) is 5.29. The van der Waals surface area contributed by atoms with Crippen molar-refractivity contribution in [1.29, 1.82) is 0 Å². The minimum atomic E-state index is -0.725. The van der Waals surface area contributed by atoms with Gasteiger partial charge < -0.3 is 20.7 Å². The van der Waals surface area contributed by atoms with Crippen LogP contribution in [-0.4, -0.2) is 32.8 Å². The maximum Gasteiger partial charge on any atom is 0.405 e. The fourth-order valence-electron chi connectivity index (χ4n) is 4.67. The van der Waals surface area contributed by atoms with E-state index in [0.717, 1.165) is 24.9 Å². The van der Waals surface area contributed by atoms with Crippen molar-refractivity contribution in [2.75, 3.05) is 16.8 Å². The molecule has 0 saturated heterocycles. The van der Waals surface area contributed by atoms with E-state index in [-0.39, 0.29) is 5.56 Å². The van der Waals surface area contributed by atoms with Crippen LogP contribution in [0.15, 0.2) is 83.9 Å². The number of carbonyl (C=O) groups is 1. The van der Waals surface area contributed by atoms with Gasteiger partial charge in [0.1, 0.15) is 17.0 Å². The van der Waals surface area contributed by atoms with Gasteiger partial charge in [-0.15, -0.1) is 0 Å². The van der Waals surface area contributed by atoms with E-state index in [4.69, 9.17) is 10.7 Å². The van der Waals surface area contributed by atoms with Gasteiger partial charge in [0.15, 0.2) is 0 Å². The number of primary amides is 1.